The number of ether oxygens (including phenoxy) is 1. The van der Waals surface area contributed by atoms with Gasteiger partial charge in [-0.2, -0.15) is 0 Å². The number of nitrogens with zero attached hydrogens (tertiary/aromatic N) is 1. The van der Waals surface area contributed by atoms with E-state index in [1.54, 1.807) is 13.2 Å². The summed E-state index contributed by atoms with van der Waals surface area (Å²) in [6.45, 7) is -0.225. The number of methoxy groups -OCH3 is 1. The number of benzene rings is 1. The number of nitro groups is 1. The molecule has 108 valence electrons. The van der Waals surface area contributed by atoms with Gasteiger partial charge in [0.2, 0.25) is 6.54 Å². The molecule has 0 bridgehead atoms. The summed E-state index contributed by atoms with van der Waals surface area (Å²) in [4.78, 5) is 22.8. The molecule has 1 aromatic rings. The van der Waals surface area contributed by atoms with Gasteiger partial charge in [-0.3, -0.25) is 14.9 Å². The third-order valence-corrected chi connectivity index (χ3v) is 3.97. The first kappa shape index (κ1) is 14.5. The summed E-state index contributed by atoms with van der Waals surface area (Å²) in [7, 11) is 1.55. The Bertz CT molecular complexity index is 500. The van der Waals surface area contributed by atoms with Gasteiger partial charge >= 0.3 is 0 Å². The molecule has 5 nitrogen and oxygen atoms in total. The Kier molecular flexibility index (Phi) is 4.71. The highest BCUT2D eigenvalue weighted by Crippen LogP contribution is 2.37. The van der Waals surface area contributed by atoms with E-state index in [1.807, 2.05) is 18.2 Å². The van der Waals surface area contributed by atoms with Crippen molar-refractivity contribution in [2.45, 2.75) is 31.6 Å². The molecular weight excluding hydrogens is 258 g/mol. The molecule has 0 spiro atoms. The molecule has 1 aromatic carbocycles. The monoisotopic (exact) mass is 277 g/mol. The molecule has 1 aliphatic carbocycles. The van der Waals surface area contributed by atoms with Crippen LogP contribution >= 0.6 is 0 Å². The fraction of sp³-hybridized carbons (Fsp3) is 0.533. The van der Waals surface area contributed by atoms with Gasteiger partial charge < -0.3 is 4.74 Å². The van der Waals surface area contributed by atoms with Crippen LogP contribution in [0.25, 0.3) is 0 Å². The number of hydrogen-bond acceptors (Lipinski definition) is 4. The van der Waals surface area contributed by atoms with Crippen LogP contribution < -0.4 is 4.74 Å². The Hall–Kier alpha value is -1.91. The topological polar surface area (TPSA) is 69.4 Å². The summed E-state index contributed by atoms with van der Waals surface area (Å²) in [6, 6.07) is 7.27. The lowest BCUT2D eigenvalue weighted by molar-refractivity contribution is -0.484. The van der Waals surface area contributed by atoms with E-state index in [0.717, 1.165) is 24.8 Å². The number of Topliss-reactive ketones (excluding diaryl/α,β-unsaturated/α-hetero) is 1. The van der Waals surface area contributed by atoms with E-state index in [4.69, 9.17) is 4.74 Å². The predicted molar refractivity (Wildman–Crippen MR) is 74.6 cm³/mol. The molecule has 2 atom stereocenters. The molecule has 5 heteroatoms. The van der Waals surface area contributed by atoms with Crippen LogP contribution in [0.5, 0.6) is 5.75 Å². The second-order valence-corrected chi connectivity index (χ2v) is 5.18. The van der Waals surface area contributed by atoms with E-state index in [-0.39, 0.29) is 23.2 Å². The number of ketones is 1. The maximum Gasteiger partial charge on any atom is 0.211 e. The molecule has 0 heterocycles. The average molecular weight is 277 g/mol. The molecule has 0 amide bonds. The van der Waals surface area contributed by atoms with E-state index in [0.29, 0.717) is 12.2 Å². The minimum absolute atomic E-state index is 0.147. The van der Waals surface area contributed by atoms with Crippen molar-refractivity contribution >= 4 is 5.78 Å². The normalized spacial score (nSPS) is 20.4. The van der Waals surface area contributed by atoms with Gasteiger partial charge in [-0.15, -0.1) is 0 Å². The van der Waals surface area contributed by atoms with Crippen molar-refractivity contribution in [3.8, 4) is 5.75 Å². The molecule has 0 unspecified atom stereocenters. The lowest BCUT2D eigenvalue weighted by Gasteiger charge is -2.27. The summed E-state index contributed by atoms with van der Waals surface area (Å²) in [5, 5.41) is 11.0. The molecule has 1 fully saturated rings. The molecule has 0 radical (unpaired) electrons. The summed E-state index contributed by atoms with van der Waals surface area (Å²) in [5.74, 6) is 0.117. The molecular formula is C15H19NO4. The van der Waals surface area contributed by atoms with E-state index in [1.165, 1.54) is 0 Å². The smallest absolute Gasteiger partial charge is 0.211 e. The summed E-state index contributed by atoms with van der Waals surface area (Å²) >= 11 is 0. The summed E-state index contributed by atoms with van der Waals surface area (Å²) in [5.41, 5.74) is 0.770. The van der Waals surface area contributed by atoms with Gasteiger partial charge in [0.05, 0.1) is 13.0 Å². The fourth-order valence-electron chi connectivity index (χ4n) is 3.01. The second kappa shape index (κ2) is 6.50. The van der Waals surface area contributed by atoms with Crippen LogP contribution in [0.3, 0.4) is 0 Å². The Balaban J connectivity index is 2.35. The SMILES string of the molecule is COc1ccccc1[C@H](C[N+](=O)[O-])[C@@H]1CCCCC1=O. The Morgan fingerprint density at radius 1 is 1.40 bits per heavy atom. The first-order chi connectivity index (χ1) is 9.63. The van der Waals surface area contributed by atoms with Crippen molar-refractivity contribution in [2.24, 2.45) is 5.92 Å². The van der Waals surface area contributed by atoms with Crippen molar-refractivity contribution in [1.82, 2.24) is 0 Å². The van der Waals surface area contributed by atoms with Crippen molar-refractivity contribution < 1.29 is 14.5 Å². The van der Waals surface area contributed by atoms with Crippen LogP contribution in [-0.4, -0.2) is 24.4 Å². The van der Waals surface area contributed by atoms with Gasteiger partial charge in [-0.1, -0.05) is 24.6 Å². The van der Waals surface area contributed by atoms with Crippen LogP contribution in [0.2, 0.25) is 0 Å². The lowest BCUT2D eigenvalue weighted by Crippen LogP contribution is -2.30. The highest BCUT2D eigenvalue weighted by molar-refractivity contribution is 5.82. The number of carbonyl (C=O) groups is 1. The second-order valence-electron chi connectivity index (χ2n) is 5.18. The van der Waals surface area contributed by atoms with Gasteiger partial charge in [0.15, 0.2) is 0 Å². The molecule has 2 rings (SSSR count). The van der Waals surface area contributed by atoms with E-state index in [9.17, 15) is 14.9 Å². The molecule has 0 aromatic heterocycles. The van der Waals surface area contributed by atoms with E-state index in [2.05, 4.69) is 0 Å². The quantitative estimate of drug-likeness (QED) is 0.613. The predicted octanol–water partition coefficient (Wildman–Crippen LogP) is 2.81. The molecule has 1 aliphatic rings. The molecule has 1 saturated carbocycles. The van der Waals surface area contributed by atoms with Gasteiger partial charge in [0.25, 0.3) is 0 Å². The zero-order valence-electron chi connectivity index (χ0n) is 11.6. The first-order valence-electron chi connectivity index (χ1n) is 6.91. The lowest BCUT2D eigenvalue weighted by atomic mass is 9.75. The number of carbonyl (C=O) groups excluding carboxylic acids is 1. The fourth-order valence-corrected chi connectivity index (χ4v) is 3.01. The largest absolute Gasteiger partial charge is 0.496 e. The molecule has 0 N–H and O–H groups in total. The first-order valence-corrected chi connectivity index (χ1v) is 6.91. The van der Waals surface area contributed by atoms with Gasteiger partial charge in [0.1, 0.15) is 11.5 Å². The van der Waals surface area contributed by atoms with Crippen molar-refractivity contribution in [3.05, 3.63) is 39.9 Å². The molecule has 0 aliphatic heterocycles. The number of hydrogen-bond donors (Lipinski definition) is 0. The Labute approximate surface area is 118 Å². The van der Waals surface area contributed by atoms with E-state index >= 15 is 0 Å². The van der Waals surface area contributed by atoms with Crippen molar-refractivity contribution in [3.63, 3.8) is 0 Å². The zero-order valence-corrected chi connectivity index (χ0v) is 11.6. The minimum Gasteiger partial charge on any atom is -0.496 e. The van der Waals surface area contributed by atoms with Crippen LogP contribution in [0.15, 0.2) is 24.3 Å². The summed E-state index contributed by atoms with van der Waals surface area (Å²) in [6.07, 6.45) is 3.12. The Morgan fingerprint density at radius 2 is 2.15 bits per heavy atom. The highest BCUT2D eigenvalue weighted by Gasteiger charge is 2.35. The third kappa shape index (κ3) is 3.15. The average Bonchev–Trinajstić information content (AvgIpc) is 2.45. The maximum absolute atomic E-state index is 12.1. The maximum atomic E-state index is 12.1. The Morgan fingerprint density at radius 3 is 2.80 bits per heavy atom. The van der Waals surface area contributed by atoms with Gasteiger partial charge in [-0.05, 0) is 18.9 Å². The van der Waals surface area contributed by atoms with Gasteiger partial charge in [0, 0.05) is 22.8 Å². The number of para-hydroxylation sites is 1. The third-order valence-electron chi connectivity index (χ3n) is 3.97. The standard InChI is InChI=1S/C15H19NO4/c1-20-15-9-5-3-7-12(15)13(10-16(18)19)11-6-2-4-8-14(11)17/h3,5,7,9,11,13H,2,4,6,8,10H2,1H3/t11-,13+/m0/s1. The highest BCUT2D eigenvalue weighted by atomic mass is 16.6. The molecule has 0 saturated heterocycles. The minimum atomic E-state index is -0.394. The number of rotatable bonds is 5. The van der Waals surface area contributed by atoms with Gasteiger partial charge in [-0.25, -0.2) is 0 Å². The zero-order chi connectivity index (χ0) is 14.5. The van der Waals surface area contributed by atoms with Crippen molar-refractivity contribution in [1.29, 1.82) is 0 Å². The van der Waals surface area contributed by atoms with Crippen LogP contribution in [0.4, 0.5) is 0 Å². The van der Waals surface area contributed by atoms with Crippen molar-refractivity contribution in [2.75, 3.05) is 13.7 Å². The van der Waals surface area contributed by atoms with E-state index < -0.39 is 5.92 Å². The van der Waals surface area contributed by atoms with Crippen LogP contribution in [0, 0.1) is 16.0 Å². The molecule has 20 heavy (non-hydrogen) atoms. The summed E-state index contributed by atoms with van der Waals surface area (Å²) < 4.78 is 5.30. The van der Waals surface area contributed by atoms with Crippen LogP contribution in [-0.2, 0) is 4.79 Å². The van der Waals surface area contributed by atoms with Crippen LogP contribution in [0.1, 0.15) is 37.2 Å².